The summed E-state index contributed by atoms with van der Waals surface area (Å²) in [6, 6.07) is 9.61. The Labute approximate surface area is 157 Å². The van der Waals surface area contributed by atoms with Crippen molar-refractivity contribution in [1.82, 2.24) is 0 Å². The average molecular weight is 391 g/mol. The Bertz CT molecular complexity index is 978. The average Bonchev–Trinajstić information content (AvgIpc) is 3.03. The number of esters is 1. The van der Waals surface area contributed by atoms with E-state index < -0.39 is 29.4 Å². The van der Waals surface area contributed by atoms with Gasteiger partial charge in [0, 0.05) is 18.0 Å². The summed E-state index contributed by atoms with van der Waals surface area (Å²) in [6.45, 7) is -0.131. The van der Waals surface area contributed by atoms with Gasteiger partial charge in [0.15, 0.2) is 0 Å². The van der Waals surface area contributed by atoms with Crippen LogP contribution in [0, 0.1) is 5.82 Å². The van der Waals surface area contributed by atoms with E-state index in [9.17, 15) is 27.2 Å². The maximum atomic E-state index is 13.2. The number of carbonyl (C=O) groups excluding carboxylic acids is 2. The molecule has 8 heteroatoms. The van der Waals surface area contributed by atoms with E-state index in [1.54, 1.807) is 0 Å². The van der Waals surface area contributed by atoms with Crippen molar-refractivity contribution in [2.45, 2.75) is 18.5 Å². The molecule has 2 aliphatic heterocycles. The van der Waals surface area contributed by atoms with Gasteiger partial charge in [-0.1, -0.05) is 12.1 Å². The fourth-order valence-corrected chi connectivity index (χ4v) is 3.53. The highest BCUT2D eigenvalue weighted by molar-refractivity contribution is 6.06. The molecule has 1 unspecified atom stereocenters. The number of ether oxygens (including phenoxy) is 1. The minimum Gasteiger partial charge on any atom is -0.456 e. The molecule has 2 heterocycles. The van der Waals surface area contributed by atoms with E-state index >= 15 is 0 Å². The van der Waals surface area contributed by atoms with Crippen LogP contribution < -0.4 is 4.90 Å². The van der Waals surface area contributed by atoms with Crippen LogP contribution in [0.2, 0.25) is 0 Å². The first-order valence-corrected chi connectivity index (χ1v) is 8.41. The molecular formula is C20H13F4NO3. The van der Waals surface area contributed by atoms with Crippen LogP contribution in [0.3, 0.4) is 0 Å². The summed E-state index contributed by atoms with van der Waals surface area (Å²) >= 11 is 0. The number of cyclic esters (lactones) is 1. The van der Waals surface area contributed by atoms with Gasteiger partial charge in [-0.05, 0) is 42.0 Å². The lowest BCUT2D eigenvalue weighted by atomic mass is 9.84. The number of hydrogen-bond donors (Lipinski definition) is 0. The van der Waals surface area contributed by atoms with Crippen molar-refractivity contribution < 1.29 is 31.9 Å². The van der Waals surface area contributed by atoms with E-state index in [1.165, 1.54) is 41.3 Å². The van der Waals surface area contributed by atoms with Gasteiger partial charge in [-0.15, -0.1) is 0 Å². The zero-order chi connectivity index (χ0) is 20.1. The summed E-state index contributed by atoms with van der Waals surface area (Å²) in [5, 5.41) is 0. The standard InChI is InChI=1S/C20H13F4NO3/c21-13-5-7-14(8-6-13)25-16-10-28-19(27)18(16)15(9-17(25)26)11-1-3-12(4-2-11)20(22,23)24/h1-8,15H,9-10H2. The molecule has 144 valence electrons. The maximum absolute atomic E-state index is 13.2. The lowest BCUT2D eigenvalue weighted by molar-refractivity contribution is -0.138. The second-order valence-electron chi connectivity index (χ2n) is 6.52. The summed E-state index contributed by atoms with van der Waals surface area (Å²) in [5.41, 5.74) is 0.575. The Morgan fingerprint density at radius 1 is 0.964 bits per heavy atom. The molecule has 0 bridgehead atoms. The van der Waals surface area contributed by atoms with Crippen LogP contribution in [0.1, 0.15) is 23.5 Å². The first-order chi connectivity index (χ1) is 13.3. The summed E-state index contributed by atoms with van der Waals surface area (Å²) in [5.74, 6) is -2.13. The largest absolute Gasteiger partial charge is 0.456 e. The summed E-state index contributed by atoms with van der Waals surface area (Å²) in [7, 11) is 0. The van der Waals surface area contributed by atoms with Crippen molar-refractivity contribution in [3.8, 4) is 0 Å². The molecule has 0 saturated carbocycles. The Hall–Kier alpha value is -3.16. The van der Waals surface area contributed by atoms with Crippen molar-refractivity contribution in [3.05, 3.63) is 76.7 Å². The predicted molar refractivity (Wildman–Crippen MR) is 90.7 cm³/mol. The van der Waals surface area contributed by atoms with Crippen LogP contribution in [-0.4, -0.2) is 18.5 Å². The Kier molecular flexibility index (Phi) is 4.21. The van der Waals surface area contributed by atoms with E-state index in [-0.39, 0.29) is 24.5 Å². The molecule has 2 aromatic carbocycles. The molecule has 4 nitrogen and oxygen atoms in total. The smallest absolute Gasteiger partial charge is 0.416 e. The Morgan fingerprint density at radius 3 is 2.21 bits per heavy atom. The number of anilines is 1. The molecule has 28 heavy (non-hydrogen) atoms. The van der Waals surface area contributed by atoms with Gasteiger partial charge < -0.3 is 4.74 Å². The number of amides is 1. The number of hydrogen-bond acceptors (Lipinski definition) is 3. The highest BCUT2D eigenvalue weighted by Crippen LogP contribution is 2.42. The third-order valence-corrected chi connectivity index (χ3v) is 4.84. The number of nitrogens with zero attached hydrogens (tertiary/aromatic N) is 1. The van der Waals surface area contributed by atoms with Crippen LogP contribution in [0.15, 0.2) is 59.8 Å². The lowest BCUT2D eigenvalue weighted by Gasteiger charge is -2.32. The molecular weight excluding hydrogens is 378 g/mol. The quantitative estimate of drug-likeness (QED) is 0.570. The molecule has 0 N–H and O–H groups in total. The van der Waals surface area contributed by atoms with Gasteiger partial charge in [-0.2, -0.15) is 13.2 Å². The minimum absolute atomic E-state index is 0.114. The first-order valence-electron chi connectivity index (χ1n) is 8.41. The van der Waals surface area contributed by atoms with Crippen molar-refractivity contribution in [3.63, 3.8) is 0 Å². The summed E-state index contributed by atoms with van der Waals surface area (Å²) in [4.78, 5) is 26.4. The van der Waals surface area contributed by atoms with E-state index in [0.29, 0.717) is 16.9 Å². The Morgan fingerprint density at radius 2 is 1.61 bits per heavy atom. The normalized spacial score (nSPS) is 19.7. The molecule has 1 atom stereocenters. The second-order valence-corrected chi connectivity index (χ2v) is 6.52. The fraction of sp³-hybridized carbons (Fsp3) is 0.200. The Balaban J connectivity index is 1.76. The van der Waals surface area contributed by atoms with Crippen LogP contribution in [-0.2, 0) is 20.5 Å². The number of halogens is 4. The molecule has 0 radical (unpaired) electrons. The number of alkyl halides is 3. The summed E-state index contributed by atoms with van der Waals surface area (Å²) < 4.78 is 56.7. The minimum atomic E-state index is -4.48. The molecule has 2 aliphatic rings. The zero-order valence-electron chi connectivity index (χ0n) is 14.3. The fourth-order valence-electron chi connectivity index (χ4n) is 3.53. The topological polar surface area (TPSA) is 46.6 Å². The molecule has 1 amide bonds. The van der Waals surface area contributed by atoms with Crippen molar-refractivity contribution in [2.75, 3.05) is 11.5 Å². The van der Waals surface area contributed by atoms with Crippen LogP contribution >= 0.6 is 0 Å². The van der Waals surface area contributed by atoms with E-state index in [4.69, 9.17) is 4.74 Å². The van der Waals surface area contributed by atoms with Gasteiger partial charge in [-0.25, -0.2) is 9.18 Å². The molecule has 0 spiro atoms. The van der Waals surface area contributed by atoms with Gasteiger partial charge in [0.1, 0.15) is 12.4 Å². The third kappa shape index (κ3) is 3.04. The van der Waals surface area contributed by atoms with Gasteiger partial charge in [0.2, 0.25) is 5.91 Å². The van der Waals surface area contributed by atoms with Gasteiger partial charge in [0.05, 0.1) is 16.8 Å². The molecule has 0 aliphatic carbocycles. The molecule has 0 aromatic heterocycles. The van der Waals surface area contributed by atoms with E-state index in [1.807, 2.05) is 0 Å². The molecule has 2 aromatic rings. The highest BCUT2D eigenvalue weighted by atomic mass is 19.4. The predicted octanol–water partition coefficient (Wildman–Crippen LogP) is 4.18. The molecule has 0 fully saturated rings. The van der Waals surface area contributed by atoms with Gasteiger partial charge in [-0.3, -0.25) is 9.69 Å². The second kappa shape index (κ2) is 6.47. The summed E-state index contributed by atoms with van der Waals surface area (Å²) in [6.07, 6.45) is -4.59. The lowest BCUT2D eigenvalue weighted by Crippen LogP contribution is -2.37. The zero-order valence-corrected chi connectivity index (χ0v) is 14.3. The third-order valence-electron chi connectivity index (χ3n) is 4.84. The SMILES string of the molecule is O=C1OCC2=C1C(c1ccc(C(F)(F)F)cc1)CC(=O)N2c1ccc(F)cc1. The highest BCUT2D eigenvalue weighted by Gasteiger charge is 2.43. The van der Waals surface area contributed by atoms with E-state index in [0.717, 1.165) is 12.1 Å². The van der Waals surface area contributed by atoms with Crippen molar-refractivity contribution in [1.29, 1.82) is 0 Å². The maximum Gasteiger partial charge on any atom is 0.416 e. The number of carbonyl (C=O) groups is 2. The van der Waals surface area contributed by atoms with Gasteiger partial charge >= 0.3 is 12.1 Å². The van der Waals surface area contributed by atoms with Crippen LogP contribution in [0.25, 0.3) is 0 Å². The van der Waals surface area contributed by atoms with Crippen molar-refractivity contribution in [2.24, 2.45) is 0 Å². The van der Waals surface area contributed by atoms with Gasteiger partial charge in [0.25, 0.3) is 0 Å². The first kappa shape index (κ1) is 18.2. The molecule has 4 rings (SSSR count). The van der Waals surface area contributed by atoms with E-state index in [2.05, 4.69) is 0 Å². The van der Waals surface area contributed by atoms with Crippen molar-refractivity contribution >= 4 is 17.6 Å². The van der Waals surface area contributed by atoms with Crippen LogP contribution in [0.5, 0.6) is 0 Å². The van der Waals surface area contributed by atoms with Crippen LogP contribution in [0.4, 0.5) is 23.2 Å². The number of benzene rings is 2. The number of rotatable bonds is 2. The monoisotopic (exact) mass is 391 g/mol. The molecule has 0 saturated heterocycles.